The van der Waals surface area contributed by atoms with Crippen molar-refractivity contribution in [3.8, 4) is 11.8 Å². The Morgan fingerprint density at radius 3 is 2.25 bits per heavy atom. The van der Waals surface area contributed by atoms with Crippen LogP contribution < -0.4 is 0 Å². The van der Waals surface area contributed by atoms with Crippen molar-refractivity contribution in [1.82, 2.24) is 9.88 Å². The molecule has 2 rings (SSSR count). The third-order valence-electron chi connectivity index (χ3n) is 3.92. The number of benzene rings is 1. The summed E-state index contributed by atoms with van der Waals surface area (Å²) in [4.78, 5) is 6.46. The van der Waals surface area contributed by atoms with Crippen LogP contribution in [0.1, 0.15) is 37.8 Å². The van der Waals surface area contributed by atoms with Gasteiger partial charge in [-0.3, -0.25) is 9.88 Å². The molecule has 0 aliphatic carbocycles. The van der Waals surface area contributed by atoms with Crippen LogP contribution in [0.25, 0.3) is 0 Å². The Labute approximate surface area is 145 Å². The second kappa shape index (κ2) is 9.22. The lowest BCUT2D eigenvalue weighted by Gasteiger charge is -2.23. The Bertz CT molecular complexity index is 613. The van der Waals surface area contributed by atoms with Gasteiger partial charge in [-0.1, -0.05) is 62.1 Å². The molecule has 0 radical (unpaired) electrons. The van der Waals surface area contributed by atoms with Gasteiger partial charge in [-0.15, -0.1) is 0 Å². The predicted octanol–water partition coefficient (Wildman–Crippen LogP) is 3.44. The molecule has 0 amide bonds. The molecule has 1 aromatic heterocycles. The Hall–Kier alpha value is -2.15. The van der Waals surface area contributed by atoms with Gasteiger partial charge in [0.1, 0.15) is 0 Å². The summed E-state index contributed by atoms with van der Waals surface area (Å²) >= 11 is 0. The van der Waals surface area contributed by atoms with Gasteiger partial charge in [-0.05, 0) is 32.0 Å². The molecule has 0 aliphatic heterocycles. The Morgan fingerprint density at radius 1 is 1.00 bits per heavy atom. The van der Waals surface area contributed by atoms with E-state index in [0.29, 0.717) is 12.1 Å². The lowest BCUT2D eigenvalue weighted by Crippen LogP contribution is -2.28. The first-order valence-corrected chi connectivity index (χ1v) is 8.61. The van der Waals surface area contributed by atoms with Crippen molar-refractivity contribution in [3.63, 3.8) is 0 Å². The minimum absolute atomic E-state index is 0.664. The van der Waals surface area contributed by atoms with Crippen LogP contribution >= 0.6 is 0 Å². The molecular weight excluding hydrogens is 296 g/mol. The molecule has 0 bridgehead atoms. The molecule has 3 heteroatoms. The quantitative estimate of drug-likeness (QED) is 0.793. The minimum atomic E-state index is -1.33. The van der Waals surface area contributed by atoms with Crippen LogP contribution in [0.15, 0.2) is 54.9 Å². The zero-order valence-corrected chi connectivity index (χ0v) is 14.6. The van der Waals surface area contributed by atoms with Crippen molar-refractivity contribution in [3.05, 3.63) is 66.0 Å². The van der Waals surface area contributed by atoms with Gasteiger partial charge in [0.15, 0.2) is 5.60 Å². The second-order valence-electron chi connectivity index (χ2n) is 5.90. The summed E-state index contributed by atoms with van der Waals surface area (Å²) in [5.74, 6) is 6.29. The Morgan fingerprint density at radius 2 is 1.67 bits per heavy atom. The van der Waals surface area contributed by atoms with Gasteiger partial charge >= 0.3 is 0 Å². The summed E-state index contributed by atoms with van der Waals surface area (Å²) in [5, 5.41) is 11.3. The van der Waals surface area contributed by atoms with Gasteiger partial charge in [0.2, 0.25) is 0 Å². The second-order valence-corrected chi connectivity index (χ2v) is 5.90. The topological polar surface area (TPSA) is 36.4 Å². The van der Waals surface area contributed by atoms with E-state index in [9.17, 15) is 5.11 Å². The maximum absolute atomic E-state index is 11.3. The fourth-order valence-electron chi connectivity index (χ4n) is 2.75. The first kappa shape index (κ1) is 18.2. The van der Waals surface area contributed by atoms with Crippen LogP contribution in [0.4, 0.5) is 0 Å². The van der Waals surface area contributed by atoms with E-state index in [1.165, 1.54) is 0 Å². The van der Waals surface area contributed by atoms with Gasteiger partial charge in [-0.2, -0.15) is 0 Å². The zero-order chi connectivity index (χ0) is 17.3. The SMILES string of the molecule is CCCN(CC#C[C@](O)(c1ccccc1)c1cccnc1)CCC. The smallest absolute Gasteiger partial charge is 0.178 e. The molecule has 0 saturated carbocycles. The monoisotopic (exact) mass is 322 g/mol. The molecule has 1 N–H and O–H groups in total. The summed E-state index contributed by atoms with van der Waals surface area (Å²) in [6, 6.07) is 13.3. The highest BCUT2D eigenvalue weighted by atomic mass is 16.3. The number of hydrogen-bond acceptors (Lipinski definition) is 3. The van der Waals surface area contributed by atoms with E-state index in [4.69, 9.17) is 0 Å². The largest absolute Gasteiger partial charge is 0.369 e. The zero-order valence-electron chi connectivity index (χ0n) is 14.6. The van der Waals surface area contributed by atoms with Gasteiger partial charge in [-0.25, -0.2) is 0 Å². The molecule has 1 atom stereocenters. The molecule has 0 saturated heterocycles. The molecule has 1 heterocycles. The third kappa shape index (κ3) is 4.67. The standard InChI is InChI=1S/C21H26N2O/c1-3-15-23(16-4-2)17-9-13-21(24,19-10-6-5-7-11-19)20-12-8-14-22-18-20/h5-8,10-12,14,18,24H,3-4,15-17H2,1-2H3/t21-/m0/s1. The van der Waals surface area contributed by atoms with Crippen molar-refractivity contribution in [2.75, 3.05) is 19.6 Å². The predicted molar refractivity (Wildman–Crippen MR) is 98.5 cm³/mol. The van der Waals surface area contributed by atoms with E-state index in [2.05, 4.69) is 35.6 Å². The highest BCUT2D eigenvalue weighted by Crippen LogP contribution is 2.28. The van der Waals surface area contributed by atoms with E-state index in [0.717, 1.165) is 31.5 Å². The lowest BCUT2D eigenvalue weighted by atomic mass is 9.88. The molecule has 2 aromatic rings. The van der Waals surface area contributed by atoms with Crippen LogP contribution in [0, 0.1) is 11.8 Å². The average molecular weight is 322 g/mol. The maximum Gasteiger partial charge on any atom is 0.178 e. The summed E-state index contributed by atoms with van der Waals surface area (Å²) in [5.41, 5.74) is 0.129. The van der Waals surface area contributed by atoms with Crippen LogP contribution in [-0.4, -0.2) is 34.6 Å². The average Bonchev–Trinajstić information content (AvgIpc) is 2.63. The van der Waals surface area contributed by atoms with Gasteiger partial charge in [0, 0.05) is 23.5 Å². The molecule has 3 nitrogen and oxygen atoms in total. The van der Waals surface area contributed by atoms with Crippen molar-refractivity contribution in [2.24, 2.45) is 0 Å². The molecule has 126 valence electrons. The first-order chi connectivity index (χ1) is 11.7. The fourth-order valence-corrected chi connectivity index (χ4v) is 2.75. The van der Waals surface area contributed by atoms with Crippen LogP contribution in [0.2, 0.25) is 0 Å². The number of aliphatic hydroxyl groups is 1. The van der Waals surface area contributed by atoms with Crippen LogP contribution in [0.5, 0.6) is 0 Å². The molecule has 0 aliphatic rings. The minimum Gasteiger partial charge on any atom is -0.369 e. The summed E-state index contributed by atoms with van der Waals surface area (Å²) in [6.45, 7) is 7.06. The van der Waals surface area contributed by atoms with E-state index in [1.807, 2.05) is 42.5 Å². The van der Waals surface area contributed by atoms with Crippen molar-refractivity contribution in [2.45, 2.75) is 32.3 Å². The lowest BCUT2D eigenvalue weighted by molar-refractivity contribution is 0.144. The molecule has 1 aromatic carbocycles. The van der Waals surface area contributed by atoms with Crippen molar-refractivity contribution >= 4 is 0 Å². The first-order valence-electron chi connectivity index (χ1n) is 8.61. The van der Waals surface area contributed by atoms with Crippen molar-refractivity contribution in [1.29, 1.82) is 0 Å². The fraction of sp³-hybridized carbons (Fsp3) is 0.381. The maximum atomic E-state index is 11.3. The molecular formula is C21H26N2O. The summed E-state index contributed by atoms with van der Waals surface area (Å²) in [6.07, 6.45) is 5.59. The normalized spacial score (nSPS) is 13.2. The van der Waals surface area contributed by atoms with Gasteiger partial charge < -0.3 is 5.11 Å². The highest BCUT2D eigenvalue weighted by molar-refractivity contribution is 5.43. The van der Waals surface area contributed by atoms with Crippen molar-refractivity contribution < 1.29 is 5.11 Å². The Balaban J connectivity index is 2.30. The Kier molecular flexibility index (Phi) is 6.99. The number of pyridine rings is 1. The molecule has 0 spiro atoms. The van der Waals surface area contributed by atoms with E-state index in [1.54, 1.807) is 12.4 Å². The molecule has 0 fully saturated rings. The summed E-state index contributed by atoms with van der Waals surface area (Å²) < 4.78 is 0. The summed E-state index contributed by atoms with van der Waals surface area (Å²) in [7, 11) is 0. The number of hydrogen-bond donors (Lipinski definition) is 1. The number of rotatable bonds is 7. The van der Waals surface area contributed by atoms with E-state index < -0.39 is 5.60 Å². The third-order valence-corrected chi connectivity index (χ3v) is 3.92. The van der Waals surface area contributed by atoms with Gasteiger partial charge in [0.25, 0.3) is 0 Å². The molecule has 0 unspecified atom stereocenters. The van der Waals surface area contributed by atoms with E-state index in [-0.39, 0.29) is 0 Å². The van der Waals surface area contributed by atoms with Gasteiger partial charge in [0.05, 0.1) is 6.54 Å². The van der Waals surface area contributed by atoms with E-state index >= 15 is 0 Å². The van der Waals surface area contributed by atoms with Crippen LogP contribution in [0.3, 0.4) is 0 Å². The van der Waals surface area contributed by atoms with Crippen LogP contribution in [-0.2, 0) is 5.60 Å². The number of nitrogens with zero attached hydrogens (tertiary/aromatic N) is 2. The number of aromatic nitrogens is 1. The molecule has 24 heavy (non-hydrogen) atoms. The highest BCUT2D eigenvalue weighted by Gasteiger charge is 2.29.